The van der Waals surface area contributed by atoms with Gasteiger partial charge in [0.2, 0.25) is 0 Å². The van der Waals surface area contributed by atoms with Gasteiger partial charge in [0.1, 0.15) is 18.1 Å². The Balaban J connectivity index is 2.56. The highest BCUT2D eigenvalue weighted by molar-refractivity contribution is 6.17. The number of halogens is 4. The molecule has 6 heteroatoms. The highest BCUT2D eigenvalue weighted by atomic mass is 35.5. The third kappa shape index (κ3) is 4.78. The lowest BCUT2D eigenvalue weighted by Gasteiger charge is -2.09. The minimum atomic E-state index is -4.67. The Hall–Kier alpha value is -1.10. The van der Waals surface area contributed by atoms with Crippen molar-refractivity contribution in [3.63, 3.8) is 0 Å². The minimum Gasteiger partial charge on any atom is -0.492 e. The van der Waals surface area contributed by atoms with Crippen LogP contribution in [0.25, 0.3) is 0 Å². The maximum Gasteiger partial charge on any atom is 0.573 e. The van der Waals surface area contributed by atoms with Gasteiger partial charge in [0, 0.05) is 0 Å². The zero-order chi connectivity index (χ0) is 11.3. The first kappa shape index (κ1) is 12.0. The number of ether oxygens (including phenoxy) is 2. The molecule has 1 rings (SSSR count). The van der Waals surface area contributed by atoms with E-state index in [2.05, 4.69) is 4.74 Å². The summed E-state index contributed by atoms with van der Waals surface area (Å²) < 4.78 is 44.1. The summed E-state index contributed by atoms with van der Waals surface area (Å²) in [5.41, 5.74) is 0. The van der Waals surface area contributed by atoms with Gasteiger partial charge in [-0.3, -0.25) is 0 Å². The average molecular weight is 241 g/mol. The molecular formula is C9H8ClF3O2. The summed E-state index contributed by atoms with van der Waals surface area (Å²) >= 11 is 5.37. The molecule has 0 heterocycles. The fourth-order valence-corrected chi connectivity index (χ4v) is 0.971. The van der Waals surface area contributed by atoms with E-state index in [1.165, 1.54) is 24.3 Å². The summed E-state index contributed by atoms with van der Waals surface area (Å²) in [4.78, 5) is 0. The summed E-state index contributed by atoms with van der Waals surface area (Å²) in [5, 5.41) is 0. The molecule has 0 atom stereocenters. The largest absolute Gasteiger partial charge is 0.573 e. The second-order valence-electron chi connectivity index (χ2n) is 2.56. The Morgan fingerprint density at radius 2 is 1.60 bits per heavy atom. The molecule has 0 saturated heterocycles. The van der Waals surface area contributed by atoms with E-state index in [-0.39, 0.29) is 5.75 Å². The molecule has 0 N–H and O–H groups in total. The Morgan fingerprint density at radius 3 is 2.07 bits per heavy atom. The molecule has 84 valence electrons. The van der Waals surface area contributed by atoms with Crippen LogP contribution in [0.1, 0.15) is 0 Å². The topological polar surface area (TPSA) is 18.5 Å². The van der Waals surface area contributed by atoms with Gasteiger partial charge >= 0.3 is 6.36 Å². The van der Waals surface area contributed by atoms with Crippen LogP contribution in [0.4, 0.5) is 13.2 Å². The van der Waals surface area contributed by atoms with E-state index in [0.717, 1.165) is 0 Å². The second-order valence-corrected chi connectivity index (χ2v) is 2.93. The van der Waals surface area contributed by atoms with E-state index >= 15 is 0 Å². The molecule has 0 aliphatic rings. The zero-order valence-corrected chi connectivity index (χ0v) is 8.31. The van der Waals surface area contributed by atoms with Crippen LogP contribution in [0, 0.1) is 0 Å². The quantitative estimate of drug-likeness (QED) is 0.753. The molecule has 0 spiro atoms. The smallest absolute Gasteiger partial charge is 0.492 e. The van der Waals surface area contributed by atoms with Crippen LogP contribution < -0.4 is 9.47 Å². The van der Waals surface area contributed by atoms with E-state index in [4.69, 9.17) is 16.3 Å². The Morgan fingerprint density at radius 1 is 1.07 bits per heavy atom. The van der Waals surface area contributed by atoms with Crippen molar-refractivity contribution >= 4 is 11.6 Å². The van der Waals surface area contributed by atoms with Crippen molar-refractivity contribution in [2.45, 2.75) is 6.36 Å². The molecule has 2 nitrogen and oxygen atoms in total. The van der Waals surface area contributed by atoms with Crippen molar-refractivity contribution in [3.05, 3.63) is 24.3 Å². The molecule has 1 aromatic rings. The predicted molar refractivity (Wildman–Crippen MR) is 49.3 cm³/mol. The number of alkyl halides is 4. The van der Waals surface area contributed by atoms with Gasteiger partial charge < -0.3 is 9.47 Å². The van der Waals surface area contributed by atoms with Gasteiger partial charge in [-0.25, -0.2) is 0 Å². The van der Waals surface area contributed by atoms with Crippen LogP contribution in [-0.4, -0.2) is 18.8 Å². The normalized spacial score (nSPS) is 11.2. The molecule has 0 saturated carbocycles. The van der Waals surface area contributed by atoms with E-state index in [0.29, 0.717) is 18.2 Å². The number of hydrogen-bond donors (Lipinski definition) is 0. The van der Waals surface area contributed by atoms with E-state index in [1.54, 1.807) is 0 Å². The van der Waals surface area contributed by atoms with Crippen molar-refractivity contribution in [1.29, 1.82) is 0 Å². The molecule has 0 aliphatic heterocycles. The minimum absolute atomic E-state index is 0.277. The summed E-state index contributed by atoms with van der Waals surface area (Å²) in [6.07, 6.45) is -4.67. The third-order valence-electron chi connectivity index (χ3n) is 1.40. The SMILES string of the molecule is FC(F)(F)Oc1ccc(OCCCl)cc1. The second kappa shape index (κ2) is 5.11. The van der Waals surface area contributed by atoms with Crippen molar-refractivity contribution in [2.24, 2.45) is 0 Å². The van der Waals surface area contributed by atoms with Gasteiger partial charge in [-0.15, -0.1) is 24.8 Å². The summed E-state index contributed by atoms with van der Waals surface area (Å²) in [6.45, 7) is 0.307. The number of rotatable bonds is 4. The highest BCUT2D eigenvalue weighted by Crippen LogP contribution is 2.24. The first-order valence-electron chi connectivity index (χ1n) is 4.06. The number of hydrogen-bond acceptors (Lipinski definition) is 2. The van der Waals surface area contributed by atoms with Gasteiger partial charge in [-0.05, 0) is 24.3 Å². The van der Waals surface area contributed by atoms with Gasteiger partial charge in [-0.2, -0.15) is 0 Å². The van der Waals surface area contributed by atoms with Crippen molar-refractivity contribution in [3.8, 4) is 11.5 Å². The van der Waals surface area contributed by atoms with Crippen LogP contribution in [0.5, 0.6) is 11.5 Å². The lowest BCUT2D eigenvalue weighted by Crippen LogP contribution is -2.16. The van der Waals surface area contributed by atoms with Gasteiger partial charge in [0.05, 0.1) is 5.88 Å². The molecule has 0 fully saturated rings. The highest BCUT2D eigenvalue weighted by Gasteiger charge is 2.30. The van der Waals surface area contributed by atoms with Crippen molar-refractivity contribution < 1.29 is 22.6 Å². The Bertz CT molecular complexity index is 297. The van der Waals surface area contributed by atoms with E-state index in [1.807, 2.05) is 0 Å². The number of benzene rings is 1. The summed E-state index contributed by atoms with van der Waals surface area (Å²) in [5.74, 6) is 0.492. The molecule has 15 heavy (non-hydrogen) atoms. The molecule has 0 aromatic heterocycles. The monoisotopic (exact) mass is 240 g/mol. The van der Waals surface area contributed by atoms with Crippen LogP contribution in [0.2, 0.25) is 0 Å². The molecule has 1 aromatic carbocycles. The summed E-state index contributed by atoms with van der Waals surface area (Å²) in [6, 6.07) is 5.12. The van der Waals surface area contributed by atoms with Gasteiger partial charge in [0.15, 0.2) is 0 Å². The fraction of sp³-hybridized carbons (Fsp3) is 0.333. The lowest BCUT2D eigenvalue weighted by atomic mass is 10.3. The van der Waals surface area contributed by atoms with Crippen LogP contribution in [0.15, 0.2) is 24.3 Å². The van der Waals surface area contributed by atoms with Crippen LogP contribution >= 0.6 is 11.6 Å². The van der Waals surface area contributed by atoms with E-state index in [9.17, 15) is 13.2 Å². The Labute approximate surface area is 89.6 Å². The summed E-state index contributed by atoms with van der Waals surface area (Å²) in [7, 11) is 0. The molecule has 0 unspecified atom stereocenters. The van der Waals surface area contributed by atoms with Gasteiger partial charge in [-0.1, -0.05) is 0 Å². The average Bonchev–Trinajstić information content (AvgIpc) is 2.14. The van der Waals surface area contributed by atoms with Crippen molar-refractivity contribution in [2.75, 3.05) is 12.5 Å². The first-order chi connectivity index (χ1) is 7.01. The molecule has 0 aliphatic carbocycles. The Kier molecular flexibility index (Phi) is 4.08. The maximum atomic E-state index is 11.8. The predicted octanol–water partition coefficient (Wildman–Crippen LogP) is 3.20. The fourth-order valence-electron chi connectivity index (χ4n) is 0.894. The van der Waals surface area contributed by atoms with Gasteiger partial charge in [0.25, 0.3) is 0 Å². The lowest BCUT2D eigenvalue weighted by molar-refractivity contribution is -0.274. The van der Waals surface area contributed by atoms with Crippen LogP contribution in [-0.2, 0) is 0 Å². The molecular weight excluding hydrogens is 233 g/mol. The molecule has 0 amide bonds. The standard InChI is InChI=1S/C9H8ClF3O2/c10-5-6-14-7-1-3-8(4-2-7)15-9(11,12)13/h1-4H,5-6H2. The third-order valence-corrected chi connectivity index (χ3v) is 1.56. The zero-order valence-electron chi connectivity index (χ0n) is 7.55. The van der Waals surface area contributed by atoms with E-state index < -0.39 is 6.36 Å². The molecule has 0 bridgehead atoms. The first-order valence-corrected chi connectivity index (χ1v) is 4.59. The molecule has 0 radical (unpaired) electrons. The van der Waals surface area contributed by atoms with Crippen molar-refractivity contribution in [1.82, 2.24) is 0 Å². The maximum absolute atomic E-state index is 11.8. The van der Waals surface area contributed by atoms with Crippen LogP contribution in [0.3, 0.4) is 0 Å².